The summed E-state index contributed by atoms with van der Waals surface area (Å²) in [7, 11) is 0. The molecule has 1 fully saturated rings. The van der Waals surface area contributed by atoms with Gasteiger partial charge in [0.25, 0.3) is 0 Å². The van der Waals surface area contributed by atoms with E-state index in [9.17, 15) is 9.18 Å². The smallest absolute Gasteiger partial charge is 0.314 e. The fraction of sp³-hybridized carbons (Fsp3) is 0.679. The molecule has 0 N–H and O–H groups in total. The number of carbonyl (C=O) groups excluding carboxylic acids is 1. The van der Waals surface area contributed by atoms with Gasteiger partial charge in [-0.25, -0.2) is 8.78 Å². The molecule has 1 aromatic carbocycles. The predicted octanol–water partition coefficient (Wildman–Crippen LogP) is 8.25. The molecule has 2 aliphatic carbocycles. The minimum Gasteiger partial charge on any atom is -0.420 e. The summed E-state index contributed by atoms with van der Waals surface area (Å²) >= 11 is 0. The molecule has 2 nitrogen and oxygen atoms in total. The van der Waals surface area contributed by atoms with Gasteiger partial charge in [-0.2, -0.15) is 0 Å². The molecule has 178 valence electrons. The number of allylic oxidation sites excluding steroid dienone is 2. The summed E-state index contributed by atoms with van der Waals surface area (Å²) in [6.45, 7) is 4.38. The summed E-state index contributed by atoms with van der Waals surface area (Å²) in [5.74, 6) is -2.15. The van der Waals surface area contributed by atoms with Crippen LogP contribution in [0.4, 0.5) is 8.78 Å². The van der Waals surface area contributed by atoms with Gasteiger partial charge in [-0.3, -0.25) is 4.79 Å². The summed E-state index contributed by atoms with van der Waals surface area (Å²) in [4.78, 5) is 12.7. The van der Waals surface area contributed by atoms with E-state index in [-0.39, 0.29) is 5.92 Å². The van der Waals surface area contributed by atoms with Crippen LogP contribution in [-0.4, -0.2) is 5.97 Å². The molecular formula is C28H40F2O2. The highest BCUT2D eigenvalue weighted by atomic mass is 19.1. The van der Waals surface area contributed by atoms with Crippen molar-refractivity contribution in [1.82, 2.24) is 0 Å². The van der Waals surface area contributed by atoms with E-state index in [1.165, 1.54) is 50.2 Å². The highest BCUT2D eigenvalue weighted by Gasteiger charge is 2.30. The molecule has 3 rings (SSSR count). The van der Waals surface area contributed by atoms with Gasteiger partial charge in [0.05, 0.1) is 5.92 Å². The predicted molar refractivity (Wildman–Crippen MR) is 126 cm³/mol. The van der Waals surface area contributed by atoms with Crippen LogP contribution in [0.15, 0.2) is 17.7 Å². The first-order chi connectivity index (χ1) is 15.5. The van der Waals surface area contributed by atoms with Crippen molar-refractivity contribution in [2.24, 2.45) is 11.8 Å². The number of halogens is 2. The first-order valence-corrected chi connectivity index (χ1v) is 12.9. The topological polar surface area (TPSA) is 26.3 Å². The van der Waals surface area contributed by atoms with Crippen molar-refractivity contribution in [2.75, 3.05) is 0 Å². The Labute approximate surface area is 192 Å². The fourth-order valence-corrected chi connectivity index (χ4v) is 5.22. The van der Waals surface area contributed by atoms with Crippen molar-refractivity contribution in [3.05, 3.63) is 40.5 Å². The largest absolute Gasteiger partial charge is 0.420 e. The van der Waals surface area contributed by atoms with Crippen LogP contribution in [0, 0.1) is 23.5 Å². The highest BCUT2D eigenvalue weighted by molar-refractivity contribution is 5.75. The van der Waals surface area contributed by atoms with Crippen LogP contribution in [0.2, 0.25) is 0 Å². The molecular weight excluding hydrogens is 406 g/mol. The number of fused-ring (bicyclic) bond motifs is 1. The molecule has 4 heteroatoms. The zero-order valence-corrected chi connectivity index (χ0v) is 20.0. The van der Waals surface area contributed by atoms with Crippen LogP contribution in [0.1, 0.15) is 108 Å². The lowest BCUT2D eigenvalue weighted by atomic mass is 9.81. The maximum absolute atomic E-state index is 15.1. The van der Waals surface area contributed by atoms with Crippen molar-refractivity contribution < 1.29 is 18.3 Å². The zero-order chi connectivity index (χ0) is 22.9. The Bertz CT molecular complexity index is 789. The van der Waals surface area contributed by atoms with Crippen LogP contribution in [0.3, 0.4) is 0 Å². The van der Waals surface area contributed by atoms with E-state index in [2.05, 4.69) is 19.9 Å². The van der Waals surface area contributed by atoms with Gasteiger partial charge < -0.3 is 4.74 Å². The van der Waals surface area contributed by atoms with Crippen LogP contribution >= 0.6 is 0 Å². The number of ether oxygens (including phenoxy) is 1. The summed E-state index contributed by atoms with van der Waals surface area (Å²) in [5.41, 5.74) is 2.70. The van der Waals surface area contributed by atoms with E-state index < -0.39 is 23.4 Å². The third kappa shape index (κ3) is 6.65. The maximum atomic E-state index is 15.1. The van der Waals surface area contributed by atoms with Crippen molar-refractivity contribution in [3.63, 3.8) is 0 Å². The monoisotopic (exact) mass is 446 g/mol. The van der Waals surface area contributed by atoms with E-state index in [4.69, 9.17) is 4.74 Å². The van der Waals surface area contributed by atoms with Gasteiger partial charge in [0.1, 0.15) is 0 Å². The fourth-order valence-electron chi connectivity index (χ4n) is 5.22. The van der Waals surface area contributed by atoms with Crippen molar-refractivity contribution >= 4 is 5.97 Å². The summed E-state index contributed by atoms with van der Waals surface area (Å²) < 4.78 is 35.2. The summed E-state index contributed by atoms with van der Waals surface area (Å²) in [6.07, 6.45) is 17.1. The Morgan fingerprint density at radius 3 is 2.50 bits per heavy atom. The molecule has 0 radical (unpaired) electrons. The average molecular weight is 447 g/mol. The second kappa shape index (κ2) is 12.5. The standard InChI is InChI=1S/C28H40F2O2/c1-3-5-7-9-11-21-14-17-24-23(18-21)19-25(29)27(26(24)30)32-28(31)22-15-12-20(13-16-22)10-8-6-4-2/h10,19,21-22H,3-9,11-18H2,1-2H3. The van der Waals surface area contributed by atoms with Gasteiger partial charge >= 0.3 is 5.97 Å². The van der Waals surface area contributed by atoms with Gasteiger partial charge in [-0.05, 0) is 74.5 Å². The first-order valence-electron chi connectivity index (χ1n) is 12.9. The molecule has 0 aromatic heterocycles. The van der Waals surface area contributed by atoms with Gasteiger partial charge in [0.2, 0.25) is 5.75 Å². The molecule has 32 heavy (non-hydrogen) atoms. The Hall–Kier alpha value is -1.71. The average Bonchev–Trinajstić information content (AvgIpc) is 2.80. The highest BCUT2D eigenvalue weighted by Crippen LogP contribution is 2.37. The van der Waals surface area contributed by atoms with E-state index in [0.717, 1.165) is 44.1 Å². The van der Waals surface area contributed by atoms with Crippen LogP contribution in [0.25, 0.3) is 0 Å². The van der Waals surface area contributed by atoms with E-state index in [1.54, 1.807) is 0 Å². The Morgan fingerprint density at radius 2 is 1.78 bits per heavy atom. The van der Waals surface area contributed by atoms with Gasteiger partial charge in [0, 0.05) is 0 Å². The van der Waals surface area contributed by atoms with Crippen molar-refractivity contribution in [1.29, 1.82) is 0 Å². The number of carbonyl (C=O) groups is 1. The molecule has 1 aromatic rings. The maximum Gasteiger partial charge on any atom is 0.314 e. The number of rotatable bonds is 10. The molecule has 1 unspecified atom stereocenters. The second-order valence-corrected chi connectivity index (χ2v) is 9.80. The molecule has 0 saturated heterocycles. The Morgan fingerprint density at radius 1 is 1.03 bits per heavy atom. The number of hydrogen-bond acceptors (Lipinski definition) is 2. The molecule has 1 saturated carbocycles. The molecule has 1 atom stereocenters. The molecule has 2 aliphatic rings. The minimum absolute atomic E-state index is 0.277. The number of unbranched alkanes of at least 4 members (excludes halogenated alkanes) is 5. The van der Waals surface area contributed by atoms with Crippen LogP contribution in [0.5, 0.6) is 5.75 Å². The molecule has 0 spiro atoms. The lowest BCUT2D eigenvalue weighted by Crippen LogP contribution is -2.25. The number of hydrogen-bond donors (Lipinski definition) is 0. The molecule has 0 aliphatic heterocycles. The SMILES string of the molecule is CCCCC=C1CCC(C(=O)Oc2c(F)cc3c(c2F)CCC(CCCCCC)C3)CC1. The Balaban J connectivity index is 1.58. The Kier molecular flexibility index (Phi) is 9.74. The van der Waals surface area contributed by atoms with E-state index in [1.807, 2.05) is 0 Å². The number of benzene rings is 1. The van der Waals surface area contributed by atoms with Crippen molar-refractivity contribution in [2.45, 2.75) is 110 Å². The lowest BCUT2D eigenvalue weighted by Gasteiger charge is -2.26. The second-order valence-electron chi connectivity index (χ2n) is 9.80. The molecule has 0 bridgehead atoms. The molecule has 0 heterocycles. The first kappa shape index (κ1) is 24.9. The van der Waals surface area contributed by atoms with Gasteiger partial charge in [-0.15, -0.1) is 0 Å². The normalized spacial score (nSPS) is 20.7. The van der Waals surface area contributed by atoms with Crippen LogP contribution in [-0.2, 0) is 17.6 Å². The quantitative estimate of drug-likeness (QED) is 0.156. The van der Waals surface area contributed by atoms with Crippen molar-refractivity contribution in [3.8, 4) is 5.75 Å². The van der Waals surface area contributed by atoms with E-state index in [0.29, 0.717) is 30.7 Å². The summed E-state index contributed by atoms with van der Waals surface area (Å²) in [5, 5.41) is 0. The van der Waals surface area contributed by atoms with Gasteiger partial charge in [0.15, 0.2) is 11.6 Å². The lowest BCUT2D eigenvalue weighted by molar-refractivity contribution is -0.140. The van der Waals surface area contributed by atoms with E-state index >= 15 is 4.39 Å². The zero-order valence-electron chi connectivity index (χ0n) is 20.0. The molecule has 0 amide bonds. The number of esters is 1. The minimum atomic E-state index is -0.739. The summed E-state index contributed by atoms with van der Waals surface area (Å²) in [6, 6.07) is 1.41. The van der Waals surface area contributed by atoms with Crippen LogP contribution < -0.4 is 4.74 Å². The van der Waals surface area contributed by atoms with Gasteiger partial charge in [-0.1, -0.05) is 70.4 Å². The third-order valence-electron chi connectivity index (χ3n) is 7.30. The third-order valence-corrected chi connectivity index (χ3v) is 7.30.